The number of hydrogen-bond donors (Lipinski definition) is 0. The maximum absolute atomic E-state index is 13.7. The van der Waals surface area contributed by atoms with Crippen LogP contribution in [0.4, 0.5) is 8.78 Å². The van der Waals surface area contributed by atoms with Crippen molar-refractivity contribution in [1.82, 2.24) is 4.98 Å². The number of Topliss-reactive ketones (excluding diaryl/α,β-unsaturated/α-hetero) is 1. The molecule has 3 rings (SSSR count). The maximum atomic E-state index is 13.7. The van der Waals surface area contributed by atoms with Gasteiger partial charge in [-0.1, -0.05) is 24.3 Å². The van der Waals surface area contributed by atoms with Crippen LogP contribution in [-0.4, -0.2) is 19.2 Å². The van der Waals surface area contributed by atoms with Crippen molar-refractivity contribution in [3.8, 4) is 0 Å². The first-order valence-electron chi connectivity index (χ1n) is 8.23. The van der Waals surface area contributed by atoms with Gasteiger partial charge in [0.2, 0.25) is 9.84 Å². The predicted octanol–water partition coefficient (Wildman–Crippen LogP) is 4.57. The molecule has 0 aliphatic rings. The molecular weight excluding hydrogens is 384 g/mol. The Kier molecular flexibility index (Phi) is 5.46. The molecule has 0 saturated heterocycles. The van der Waals surface area contributed by atoms with Crippen LogP contribution >= 0.6 is 0 Å². The van der Waals surface area contributed by atoms with Gasteiger partial charge in [-0.15, -0.1) is 0 Å². The zero-order chi connectivity index (χ0) is 20.3. The molecule has 0 atom stereocenters. The first kappa shape index (κ1) is 19.6. The van der Waals surface area contributed by atoms with Gasteiger partial charge in [0.1, 0.15) is 11.6 Å². The molecule has 0 N–H and O–H groups in total. The molecule has 0 saturated carbocycles. The van der Waals surface area contributed by atoms with Crippen LogP contribution in [0.15, 0.2) is 70.7 Å². The van der Waals surface area contributed by atoms with Crippen molar-refractivity contribution in [3.63, 3.8) is 0 Å². The molecule has 1 aromatic heterocycles. The van der Waals surface area contributed by atoms with E-state index in [1.165, 1.54) is 49.5 Å². The Labute approximate surface area is 161 Å². The summed E-state index contributed by atoms with van der Waals surface area (Å²) in [5.41, 5.74) is 0.853. The van der Waals surface area contributed by atoms with Gasteiger partial charge in [-0.3, -0.25) is 4.79 Å². The van der Waals surface area contributed by atoms with E-state index in [-0.39, 0.29) is 21.0 Å². The zero-order valence-corrected chi connectivity index (χ0v) is 15.6. The van der Waals surface area contributed by atoms with Gasteiger partial charge >= 0.3 is 0 Å². The van der Waals surface area contributed by atoms with Crippen molar-refractivity contribution in [1.29, 1.82) is 0 Å². The largest absolute Gasteiger partial charge is 0.294 e. The number of halogens is 2. The Hall–Kier alpha value is -3.19. The SMILES string of the molecule is CC(=O)c1cccnc1S(=O)(=O)c1ccc(C=Cc2ccc(F)cc2F)cc1. The number of carbonyl (C=O) groups excluding carboxylic acids is 1. The van der Waals surface area contributed by atoms with Crippen LogP contribution < -0.4 is 0 Å². The number of rotatable bonds is 5. The standard InChI is InChI=1S/C21H15F2NO3S/c1-14(25)19-3-2-12-24-21(19)28(26,27)18-10-5-15(6-11-18)4-7-16-8-9-17(22)13-20(16)23/h2-13H,1H3. The number of nitrogens with zero attached hydrogens (tertiary/aromatic N) is 1. The summed E-state index contributed by atoms with van der Waals surface area (Å²) in [7, 11) is -3.97. The van der Waals surface area contributed by atoms with Crippen molar-refractivity contribution in [2.24, 2.45) is 0 Å². The third-order valence-corrected chi connectivity index (χ3v) is 5.74. The molecule has 0 aliphatic carbocycles. The highest BCUT2D eigenvalue weighted by Gasteiger charge is 2.24. The number of hydrogen-bond acceptors (Lipinski definition) is 4. The second kappa shape index (κ2) is 7.82. The first-order valence-corrected chi connectivity index (χ1v) is 9.71. The lowest BCUT2D eigenvalue weighted by molar-refractivity contribution is 0.101. The Morgan fingerprint density at radius 3 is 2.36 bits per heavy atom. The number of ketones is 1. The minimum atomic E-state index is -3.97. The summed E-state index contributed by atoms with van der Waals surface area (Å²) in [6.07, 6.45) is 4.35. The molecule has 28 heavy (non-hydrogen) atoms. The van der Waals surface area contributed by atoms with Gasteiger partial charge in [0.15, 0.2) is 10.8 Å². The monoisotopic (exact) mass is 399 g/mol. The van der Waals surface area contributed by atoms with Crippen LogP contribution in [0.5, 0.6) is 0 Å². The average molecular weight is 399 g/mol. The van der Waals surface area contributed by atoms with E-state index in [9.17, 15) is 22.0 Å². The lowest BCUT2D eigenvalue weighted by Crippen LogP contribution is -2.10. The molecule has 0 bridgehead atoms. The Morgan fingerprint density at radius 1 is 1.00 bits per heavy atom. The van der Waals surface area contributed by atoms with Gasteiger partial charge in [-0.05, 0) is 48.9 Å². The van der Waals surface area contributed by atoms with Crippen molar-refractivity contribution < 1.29 is 22.0 Å². The van der Waals surface area contributed by atoms with Gasteiger partial charge in [0.25, 0.3) is 0 Å². The first-order chi connectivity index (χ1) is 13.3. The van der Waals surface area contributed by atoms with E-state index in [1.54, 1.807) is 18.2 Å². The van der Waals surface area contributed by atoms with Crippen LogP contribution in [0.1, 0.15) is 28.4 Å². The van der Waals surface area contributed by atoms with Gasteiger partial charge in [-0.25, -0.2) is 22.2 Å². The second-order valence-electron chi connectivity index (χ2n) is 5.98. The smallest absolute Gasteiger partial charge is 0.224 e. The molecule has 7 heteroatoms. The van der Waals surface area contributed by atoms with Gasteiger partial charge in [0.05, 0.1) is 10.5 Å². The van der Waals surface area contributed by atoms with Gasteiger partial charge in [0, 0.05) is 17.8 Å². The molecule has 0 aliphatic heterocycles. The number of aromatic nitrogens is 1. The normalized spacial score (nSPS) is 11.7. The fraction of sp³-hybridized carbons (Fsp3) is 0.0476. The number of carbonyl (C=O) groups is 1. The summed E-state index contributed by atoms with van der Waals surface area (Å²) >= 11 is 0. The molecule has 142 valence electrons. The molecule has 0 amide bonds. The molecule has 0 unspecified atom stereocenters. The number of sulfone groups is 1. The fourth-order valence-corrected chi connectivity index (χ4v) is 3.98. The topological polar surface area (TPSA) is 64.1 Å². The molecule has 1 heterocycles. The Morgan fingerprint density at radius 2 is 1.71 bits per heavy atom. The molecule has 4 nitrogen and oxygen atoms in total. The average Bonchev–Trinajstić information content (AvgIpc) is 2.67. The number of benzene rings is 2. The van der Waals surface area contributed by atoms with Crippen LogP contribution in [0.3, 0.4) is 0 Å². The van der Waals surface area contributed by atoms with E-state index in [2.05, 4.69) is 4.98 Å². The Bertz CT molecular complexity index is 1170. The lowest BCUT2D eigenvalue weighted by atomic mass is 10.1. The molecule has 2 aromatic carbocycles. The van der Waals surface area contributed by atoms with Crippen molar-refractivity contribution in [2.45, 2.75) is 16.8 Å². The van der Waals surface area contributed by atoms with E-state index < -0.39 is 27.3 Å². The van der Waals surface area contributed by atoms with E-state index in [1.807, 2.05) is 0 Å². The summed E-state index contributed by atoms with van der Waals surface area (Å²) in [4.78, 5) is 15.6. The van der Waals surface area contributed by atoms with Gasteiger partial charge in [-0.2, -0.15) is 0 Å². The van der Waals surface area contributed by atoms with Gasteiger partial charge < -0.3 is 0 Å². The maximum Gasteiger partial charge on any atom is 0.224 e. The minimum absolute atomic E-state index is 0.0150. The number of pyridine rings is 1. The van der Waals surface area contributed by atoms with Crippen molar-refractivity contribution in [3.05, 3.63) is 89.1 Å². The summed E-state index contributed by atoms with van der Waals surface area (Å²) < 4.78 is 52.2. The van der Waals surface area contributed by atoms with E-state index in [4.69, 9.17) is 0 Å². The second-order valence-corrected chi connectivity index (χ2v) is 7.85. The highest BCUT2D eigenvalue weighted by Crippen LogP contribution is 2.23. The Balaban J connectivity index is 1.90. The third kappa shape index (κ3) is 4.04. The van der Waals surface area contributed by atoms with E-state index in [0.717, 1.165) is 12.1 Å². The highest BCUT2D eigenvalue weighted by molar-refractivity contribution is 7.91. The van der Waals surface area contributed by atoms with E-state index in [0.29, 0.717) is 5.56 Å². The fourth-order valence-electron chi connectivity index (χ4n) is 2.57. The predicted molar refractivity (Wildman–Crippen MR) is 101 cm³/mol. The molecule has 3 aromatic rings. The highest BCUT2D eigenvalue weighted by atomic mass is 32.2. The molecular formula is C21H15F2NO3S. The molecule has 0 fully saturated rings. The summed E-state index contributed by atoms with van der Waals surface area (Å²) in [5, 5.41) is -0.292. The van der Waals surface area contributed by atoms with Crippen LogP contribution in [0.25, 0.3) is 12.2 Å². The minimum Gasteiger partial charge on any atom is -0.294 e. The molecule has 0 radical (unpaired) electrons. The quantitative estimate of drug-likeness (QED) is 0.466. The summed E-state index contributed by atoms with van der Waals surface area (Å²) in [5.74, 6) is -1.75. The van der Waals surface area contributed by atoms with Crippen LogP contribution in [0, 0.1) is 11.6 Å². The summed E-state index contributed by atoms with van der Waals surface area (Å²) in [6, 6.07) is 12.0. The van der Waals surface area contributed by atoms with Crippen molar-refractivity contribution >= 4 is 27.8 Å². The van der Waals surface area contributed by atoms with Crippen LogP contribution in [-0.2, 0) is 9.84 Å². The summed E-state index contributed by atoms with van der Waals surface area (Å²) in [6.45, 7) is 1.28. The molecule has 0 spiro atoms. The van der Waals surface area contributed by atoms with Crippen LogP contribution in [0.2, 0.25) is 0 Å². The van der Waals surface area contributed by atoms with E-state index >= 15 is 0 Å². The van der Waals surface area contributed by atoms with Crippen molar-refractivity contribution in [2.75, 3.05) is 0 Å². The lowest BCUT2D eigenvalue weighted by Gasteiger charge is -2.07. The third-order valence-electron chi connectivity index (χ3n) is 4.01. The zero-order valence-electron chi connectivity index (χ0n) is 14.8.